The molecule has 8 heteroatoms. The Morgan fingerprint density at radius 3 is 2.46 bits per heavy atom. The fourth-order valence-electron chi connectivity index (χ4n) is 1.94. The summed E-state index contributed by atoms with van der Waals surface area (Å²) >= 11 is 13.9. The number of hydrogen-bond acceptors (Lipinski definition) is 3. The van der Waals surface area contributed by atoms with Gasteiger partial charge < -0.3 is 15.7 Å². The molecule has 0 aliphatic carbocycles. The van der Waals surface area contributed by atoms with Crippen molar-refractivity contribution < 1.29 is 14.7 Å². The maximum absolute atomic E-state index is 12.4. The Kier molecular flexibility index (Phi) is 6.85. The lowest BCUT2D eigenvalue weighted by Crippen LogP contribution is -2.28. The van der Waals surface area contributed by atoms with Crippen LogP contribution in [0.15, 0.2) is 36.4 Å². The van der Waals surface area contributed by atoms with E-state index in [1.165, 1.54) is 12.1 Å². The lowest BCUT2D eigenvalue weighted by Gasteiger charge is -2.12. The van der Waals surface area contributed by atoms with Gasteiger partial charge in [0, 0.05) is 15.1 Å². The van der Waals surface area contributed by atoms with Crippen LogP contribution in [0.5, 0.6) is 0 Å². The third-order valence-electron chi connectivity index (χ3n) is 3.05. The van der Waals surface area contributed by atoms with Crippen LogP contribution < -0.4 is 10.6 Å². The summed E-state index contributed by atoms with van der Waals surface area (Å²) < 4.78 is 0.837. The number of amides is 2. The van der Waals surface area contributed by atoms with Gasteiger partial charge in [0.1, 0.15) is 0 Å². The second-order valence-electron chi connectivity index (χ2n) is 4.75. The van der Waals surface area contributed by atoms with E-state index >= 15 is 0 Å². The van der Waals surface area contributed by atoms with Crippen molar-refractivity contribution in [3.8, 4) is 0 Å². The molecule has 0 saturated carbocycles. The maximum Gasteiger partial charge on any atom is 0.257 e. The van der Waals surface area contributed by atoms with E-state index in [0.29, 0.717) is 16.3 Å². The van der Waals surface area contributed by atoms with Crippen LogP contribution in [0.3, 0.4) is 0 Å². The standard InChI is InChI=1S/C16H13Cl2IN2O3/c17-9-1-3-11(13(18)7-9)16(24)21-14-4-2-10(19)8-12(14)15(23)20-5-6-22/h1-4,7-8,22H,5-6H2,(H,20,23)(H,21,24). The van der Waals surface area contributed by atoms with Crippen LogP contribution in [-0.4, -0.2) is 30.1 Å². The molecule has 0 spiro atoms. The normalized spacial score (nSPS) is 10.3. The molecule has 0 bridgehead atoms. The number of aliphatic hydroxyl groups is 1. The minimum Gasteiger partial charge on any atom is -0.395 e. The number of halogens is 3. The highest BCUT2D eigenvalue weighted by Gasteiger charge is 2.16. The highest BCUT2D eigenvalue weighted by Crippen LogP contribution is 2.24. The van der Waals surface area contributed by atoms with Crippen LogP contribution >= 0.6 is 45.8 Å². The summed E-state index contributed by atoms with van der Waals surface area (Å²) in [6.07, 6.45) is 0. The molecule has 0 aliphatic heterocycles. The first-order chi connectivity index (χ1) is 11.4. The van der Waals surface area contributed by atoms with Crippen molar-refractivity contribution in [1.82, 2.24) is 5.32 Å². The smallest absolute Gasteiger partial charge is 0.257 e. The Bertz CT molecular complexity index is 784. The highest BCUT2D eigenvalue weighted by atomic mass is 127. The molecule has 2 amide bonds. The summed E-state index contributed by atoms with van der Waals surface area (Å²) in [5.41, 5.74) is 0.900. The molecule has 0 atom stereocenters. The van der Waals surface area contributed by atoms with Crippen molar-refractivity contribution in [3.63, 3.8) is 0 Å². The zero-order chi connectivity index (χ0) is 17.7. The van der Waals surface area contributed by atoms with Gasteiger partial charge in [0.2, 0.25) is 0 Å². The number of benzene rings is 2. The van der Waals surface area contributed by atoms with Gasteiger partial charge in [-0.15, -0.1) is 0 Å². The molecule has 5 nitrogen and oxygen atoms in total. The largest absolute Gasteiger partial charge is 0.395 e. The van der Waals surface area contributed by atoms with Gasteiger partial charge in [0.05, 0.1) is 28.4 Å². The lowest BCUT2D eigenvalue weighted by molar-refractivity contribution is 0.0945. The molecule has 2 aromatic carbocycles. The van der Waals surface area contributed by atoms with E-state index < -0.39 is 5.91 Å². The van der Waals surface area contributed by atoms with Crippen LogP contribution in [0.1, 0.15) is 20.7 Å². The van der Waals surface area contributed by atoms with E-state index in [1.54, 1.807) is 24.3 Å². The zero-order valence-corrected chi connectivity index (χ0v) is 15.9. The van der Waals surface area contributed by atoms with Gasteiger partial charge in [-0.25, -0.2) is 0 Å². The van der Waals surface area contributed by atoms with Crippen molar-refractivity contribution in [2.75, 3.05) is 18.5 Å². The van der Waals surface area contributed by atoms with Gasteiger partial charge in [0.25, 0.3) is 11.8 Å². The molecule has 3 N–H and O–H groups in total. The van der Waals surface area contributed by atoms with E-state index in [-0.39, 0.29) is 29.6 Å². The van der Waals surface area contributed by atoms with Gasteiger partial charge in [0.15, 0.2) is 0 Å². The summed E-state index contributed by atoms with van der Waals surface area (Å²) in [6, 6.07) is 9.59. The molecule has 0 aliphatic rings. The fraction of sp³-hybridized carbons (Fsp3) is 0.125. The fourth-order valence-corrected chi connectivity index (χ4v) is 2.93. The average molecular weight is 479 g/mol. The number of nitrogens with one attached hydrogen (secondary N) is 2. The second kappa shape index (κ2) is 8.66. The topological polar surface area (TPSA) is 78.4 Å². The van der Waals surface area contributed by atoms with Crippen molar-refractivity contribution in [3.05, 3.63) is 61.1 Å². The molecular formula is C16H13Cl2IN2O3. The van der Waals surface area contributed by atoms with Crippen molar-refractivity contribution in [2.45, 2.75) is 0 Å². The van der Waals surface area contributed by atoms with Gasteiger partial charge >= 0.3 is 0 Å². The molecule has 0 aromatic heterocycles. The monoisotopic (exact) mass is 478 g/mol. The molecule has 0 fully saturated rings. The number of hydrogen-bond donors (Lipinski definition) is 3. The van der Waals surface area contributed by atoms with Gasteiger partial charge in [-0.1, -0.05) is 23.2 Å². The Morgan fingerprint density at radius 2 is 1.79 bits per heavy atom. The van der Waals surface area contributed by atoms with Crippen LogP contribution in [0, 0.1) is 3.57 Å². The van der Waals surface area contributed by atoms with Crippen LogP contribution in [0.25, 0.3) is 0 Å². The quantitative estimate of drug-likeness (QED) is 0.575. The summed E-state index contributed by atoms with van der Waals surface area (Å²) in [5, 5.41) is 14.7. The van der Waals surface area contributed by atoms with Crippen LogP contribution in [0.4, 0.5) is 5.69 Å². The number of anilines is 1. The molecule has 126 valence electrons. The van der Waals surface area contributed by atoms with E-state index in [1.807, 2.05) is 0 Å². The zero-order valence-electron chi connectivity index (χ0n) is 12.3. The molecule has 0 saturated heterocycles. The summed E-state index contributed by atoms with van der Waals surface area (Å²) in [5.74, 6) is -0.839. The van der Waals surface area contributed by atoms with Gasteiger partial charge in [-0.3, -0.25) is 9.59 Å². The van der Waals surface area contributed by atoms with E-state index in [2.05, 4.69) is 33.2 Å². The third kappa shape index (κ3) is 4.83. The molecular weight excluding hydrogens is 466 g/mol. The predicted molar refractivity (Wildman–Crippen MR) is 103 cm³/mol. The maximum atomic E-state index is 12.4. The minimum atomic E-state index is -0.450. The van der Waals surface area contributed by atoms with Gasteiger partial charge in [-0.05, 0) is 59.0 Å². The van der Waals surface area contributed by atoms with E-state index in [9.17, 15) is 9.59 Å². The number of rotatable bonds is 5. The molecule has 24 heavy (non-hydrogen) atoms. The summed E-state index contributed by atoms with van der Waals surface area (Å²) in [6.45, 7) is -0.0432. The SMILES string of the molecule is O=C(Nc1ccc(I)cc1C(=O)NCCO)c1ccc(Cl)cc1Cl. The summed E-state index contributed by atoms with van der Waals surface area (Å²) in [7, 11) is 0. The Morgan fingerprint density at radius 1 is 1.04 bits per heavy atom. The first-order valence-electron chi connectivity index (χ1n) is 6.87. The van der Waals surface area contributed by atoms with Crippen molar-refractivity contribution in [2.24, 2.45) is 0 Å². The first kappa shape index (κ1) is 19.0. The highest BCUT2D eigenvalue weighted by molar-refractivity contribution is 14.1. The Labute approximate surface area is 162 Å². The Balaban J connectivity index is 2.28. The van der Waals surface area contributed by atoms with Crippen molar-refractivity contribution >= 4 is 63.3 Å². The molecule has 2 aromatic rings. The average Bonchev–Trinajstić information content (AvgIpc) is 2.54. The lowest BCUT2D eigenvalue weighted by atomic mass is 10.1. The van der Waals surface area contributed by atoms with E-state index in [4.69, 9.17) is 28.3 Å². The van der Waals surface area contributed by atoms with E-state index in [0.717, 1.165) is 3.57 Å². The first-order valence-corrected chi connectivity index (χ1v) is 8.71. The van der Waals surface area contributed by atoms with Crippen LogP contribution in [0.2, 0.25) is 10.0 Å². The number of carbonyl (C=O) groups excluding carboxylic acids is 2. The Hall–Kier alpha value is -1.35. The molecule has 0 heterocycles. The molecule has 0 radical (unpaired) electrons. The third-order valence-corrected chi connectivity index (χ3v) is 4.27. The number of carbonyl (C=O) groups is 2. The molecule has 0 unspecified atom stereocenters. The second-order valence-corrected chi connectivity index (χ2v) is 6.84. The minimum absolute atomic E-state index is 0.126. The van der Waals surface area contributed by atoms with Crippen molar-refractivity contribution in [1.29, 1.82) is 0 Å². The number of aliphatic hydroxyl groups excluding tert-OH is 1. The summed E-state index contributed by atoms with van der Waals surface area (Å²) in [4.78, 5) is 24.6. The van der Waals surface area contributed by atoms with Gasteiger partial charge in [-0.2, -0.15) is 0 Å². The predicted octanol–water partition coefficient (Wildman–Crippen LogP) is 3.57. The van der Waals surface area contributed by atoms with Crippen LogP contribution in [-0.2, 0) is 0 Å². The molecule has 2 rings (SSSR count).